The Labute approximate surface area is 196 Å². The number of fused-ring (bicyclic) bond motifs is 4. The fourth-order valence-corrected chi connectivity index (χ4v) is 4.75. The van der Waals surface area contributed by atoms with Gasteiger partial charge in [0.15, 0.2) is 5.82 Å². The highest BCUT2D eigenvalue weighted by Crippen LogP contribution is 2.46. The molecule has 0 radical (unpaired) electrons. The van der Waals surface area contributed by atoms with Crippen LogP contribution in [0.3, 0.4) is 0 Å². The van der Waals surface area contributed by atoms with Crippen LogP contribution in [0.5, 0.6) is 0 Å². The Morgan fingerprint density at radius 1 is 0.812 bits per heavy atom. The lowest BCUT2D eigenvalue weighted by Crippen LogP contribution is -2.38. The Bertz CT molecular complexity index is 1400. The third-order valence-electron chi connectivity index (χ3n) is 5.95. The Balaban J connectivity index is 1.62. The molecule has 4 aromatic rings. The number of amidine groups is 1. The molecule has 1 aromatic heterocycles. The number of rotatable bonds is 2. The summed E-state index contributed by atoms with van der Waals surface area (Å²) in [6.45, 7) is 2.04. The number of aryl methyl sites for hydroxylation is 1. The van der Waals surface area contributed by atoms with Gasteiger partial charge in [-0.15, -0.1) is 0 Å². The van der Waals surface area contributed by atoms with Crippen molar-refractivity contribution in [2.24, 2.45) is 4.99 Å². The molecule has 0 saturated heterocycles. The number of para-hydroxylation sites is 1. The Kier molecular flexibility index (Phi) is 4.46. The van der Waals surface area contributed by atoms with Crippen molar-refractivity contribution in [3.8, 4) is 5.69 Å². The van der Waals surface area contributed by atoms with Crippen LogP contribution < -0.4 is 4.90 Å². The number of nitrogens with zero attached hydrogens (tertiary/aromatic N) is 4. The van der Waals surface area contributed by atoms with Crippen molar-refractivity contribution in [1.82, 2.24) is 9.78 Å². The zero-order valence-electron chi connectivity index (χ0n) is 17.2. The first-order valence-corrected chi connectivity index (χ1v) is 11.1. The Morgan fingerprint density at radius 2 is 1.50 bits per heavy atom. The number of anilines is 1. The molecule has 32 heavy (non-hydrogen) atoms. The van der Waals surface area contributed by atoms with Crippen LogP contribution in [-0.4, -0.2) is 15.6 Å². The van der Waals surface area contributed by atoms with Crippen LogP contribution in [0, 0.1) is 6.92 Å². The fourth-order valence-electron chi connectivity index (χ4n) is 4.49. The minimum atomic E-state index is -0.0816. The van der Waals surface area contributed by atoms with Crippen molar-refractivity contribution in [2.75, 3.05) is 4.90 Å². The van der Waals surface area contributed by atoms with Crippen LogP contribution in [0.25, 0.3) is 11.8 Å². The fraction of sp³-hybridized carbons (Fsp3) is 0.0769. The molecule has 4 nitrogen and oxygen atoms in total. The molecule has 0 bridgehead atoms. The molecule has 1 unspecified atom stereocenters. The van der Waals surface area contributed by atoms with Crippen molar-refractivity contribution in [1.29, 1.82) is 0 Å². The topological polar surface area (TPSA) is 33.4 Å². The molecule has 0 saturated carbocycles. The molecule has 3 heterocycles. The third-order valence-corrected chi connectivity index (χ3v) is 6.45. The Hall–Kier alpha value is -3.34. The lowest BCUT2D eigenvalue weighted by Gasteiger charge is -2.39. The van der Waals surface area contributed by atoms with Crippen LogP contribution in [-0.2, 0) is 0 Å². The van der Waals surface area contributed by atoms with E-state index >= 15 is 0 Å². The second-order valence-electron chi connectivity index (χ2n) is 7.90. The van der Waals surface area contributed by atoms with Gasteiger partial charge < -0.3 is 4.90 Å². The van der Waals surface area contributed by atoms with Gasteiger partial charge in [-0.3, -0.25) is 0 Å². The highest BCUT2D eigenvalue weighted by molar-refractivity contribution is 6.30. The lowest BCUT2D eigenvalue weighted by atomic mass is 9.92. The first kappa shape index (κ1) is 19.4. The van der Waals surface area contributed by atoms with E-state index in [2.05, 4.69) is 53.5 Å². The first-order valence-electron chi connectivity index (χ1n) is 10.4. The largest absolute Gasteiger partial charge is 0.314 e. The van der Waals surface area contributed by atoms with Crippen molar-refractivity contribution in [3.05, 3.63) is 111 Å². The standard InChI is InChI=1S/C26H18Cl2N4/c1-16-24-25(18-6-9-19(27)10-7-18)31-22-5-3-2-4-17(22)8-15-23(31)29-26(24)32(30-16)21-13-11-20(28)12-14-21/h2-15,25H,1H3. The molecule has 0 spiro atoms. The van der Waals surface area contributed by atoms with Gasteiger partial charge in [-0.2, -0.15) is 5.10 Å². The molecule has 0 N–H and O–H groups in total. The highest BCUT2D eigenvalue weighted by atomic mass is 35.5. The molecule has 2 aliphatic rings. The average Bonchev–Trinajstić information content (AvgIpc) is 3.14. The number of aromatic nitrogens is 2. The van der Waals surface area contributed by atoms with Crippen LogP contribution in [0.4, 0.5) is 11.5 Å². The first-order chi connectivity index (χ1) is 15.6. The molecular weight excluding hydrogens is 439 g/mol. The van der Waals surface area contributed by atoms with Gasteiger partial charge >= 0.3 is 0 Å². The number of halogens is 2. The quantitative estimate of drug-likeness (QED) is 0.320. The van der Waals surface area contributed by atoms with E-state index in [4.69, 9.17) is 33.3 Å². The van der Waals surface area contributed by atoms with Gasteiger partial charge in [0.1, 0.15) is 5.84 Å². The minimum absolute atomic E-state index is 0.0816. The predicted molar refractivity (Wildman–Crippen MR) is 132 cm³/mol. The van der Waals surface area contributed by atoms with Crippen LogP contribution >= 0.6 is 23.2 Å². The molecule has 156 valence electrons. The maximum absolute atomic E-state index is 6.22. The molecule has 0 amide bonds. The second kappa shape index (κ2) is 7.37. The van der Waals surface area contributed by atoms with Crippen LogP contribution in [0.1, 0.15) is 28.4 Å². The Morgan fingerprint density at radius 3 is 2.25 bits per heavy atom. The summed E-state index contributed by atoms with van der Waals surface area (Å²) in [4.78, 5) is 7.37. The number of aliphatic imine (C=N–C) groups is 1. The second-order valence-corrected chi connectivity index (χ2v) is 8.77. The van der Waals surface area contributed by atoms with E-state index in [0.29, 0.717) is 10.0 Å². The third kappa shape index (κ3) is 2.99. The summed E-state index contributed by atoms with van der Waals surface area (Å²) in [5.74, 6) is 1.71. The van der Waals surface area contributed by atoms with Crippen LogP contribution in [0.2, 0.25) is 10.0 Å². The van der Waals surface area contributed by atoms with E-state index in [1.807, 2.05) is 48.0 Å². The SMILES string of the molecule is Cc1nn(-c2ccc(Cl)cc2)c2c1C(c1ccc(Cl)cc1)N1C(=N2)C=Cc2ccccc21. The van der Waals surface area contributed by atoms with Gasteiger partial charge in [0.2, 0.25) is 0 Å². The van der Waals surface area contributed by atoms with Crippen molar-refractivity contribution < 1.29 is 0 Å². The molecule has 0 aliphatic carbocycles. The zero-order chi connectivity index (χ0) is 21.8. The molecule has 6 rings (SSSR count). The van der Waals surface area contributed by atoms with E-state index in [9.17, 15) is 0 Å². The number of hydrogen-bond acceptors (Lipinski definition) is 3. The lowest BCUT2D eigenvalue weighted by molar-refractivity contribution is 0.813. The summed E-state index contributed by atoms with van der Waals surface area (Å²) in [6.07, 6.45) is 4.19. The summed E-state index contributed by atoms with van der Waals surface area (Å²) in [5.41, 5.74) is 6.36. The maximum Gasteiger partial charge on any atom is 0.163 e. The normalized spacial score (nSPS) is 16.3. The number of benzene rings is 3. The van der Waals surface area contributed by atoms with E-state index in [1.165, 1.54) is 0 Å². The van der Waals surface area contributed by atoms with Gasteiger partial charge in [0.25, 0.3) is 0 Å². The van der Waals surface area contributed by atoms with E-state index < -0.39 is 0 Å². The van der Waals surface area contributed by atoms with Gasteiger partial charge in [0, 0.05) is 15.6 Å². The minimum Gasteiger partial charge on any atom is -0.314 e. The van der Waals surface area contributed by atoms with Gasteiger partial charge in [0.05, 0.1) is 23.1 Å². The summed E-state index contributed by atoms with van der Waals surface area (Å²) < 4.78 is 1.91. The molecule has 2 aliphatic heterocycles. The molecule has 0 fully saturated rings. The zero-order valence-corrected chi connectivity index (χ0v) is 18.7. The van der Waals surface area contributed by atoms with Crippen molar-refractivity contribution in [2.45, 2.75) is 13.0 Å². The molecular formula is C26H18Cl2N4. The summed E-state index contributed by atoms with van der Waals surface area (Å²) >= 11 is 12.3. The summed E-state index contributed by atoms with van der Waals surface area (Å²) in [6, 6.07) is 24.0. The maximum atomic E-state index is 6.22. The van der Waals surface area contributed by atoms with E-state index in [1.54, 1.807) is 0 Å². The average molecular weight is 457 g/mol. The number of hydrogen-bond donors (Lipinski definition) is 0. The van der Waals surface area contributed by atoms with Gasteiger partial charge in [-0.05, 0) is 72.7 Å². The summed E-state index contributed by atoms with van der Waals surface area (Å²) in [5, 5.41) is 6.29. The summed E-state index contributed by atoms with van der Waals surface area (Å²) in [7, 11) is 0. The van der Waals surface area contributed by atoms with E-state index in [0.717, 1.165) is 45.4 Å². The van der Waals surface area contributed by atoms with Gasteiger partial charge in [-0.25, -0.2) is 9.67 Å². The van der Waals surface area contributed by atoms with Gasteiger partial charge in [-0.1, -0.05) is 53.5 Å². The monoisotopic (exact) mass is 456 g/mol. The smallest absolute Gasteiger partial charge is 0.163 e. The van der Waals surface area contributed by atoms with Crippen molar-refractivity contribution >= 4 is 46.6 Å². The molecule has 6 heteroatoms. The van der Waals surface area contributed by atoms with Crippen LogP contribution in [0.15, 0.2) is 83.9 Å². The predicted octanol–water partition coefficient (Wildman–Crippen LogP) is 7.15. The molecule has 1 atom stereocenters. The highest BCUT2D eigenvalue weighted by Gasteiger charge is 2.37. The van der Waals surface area contributed by atoms with E-state index in [-0.39, 0.29) is 6.04 Å². The molecule has 3 aromatic carbocycles. The van der Waals surface area contributed by atoms with Crippen molar-refractivity contribution in [3.63, 3.8) is 0 Å².